The monoisotopic (exact) mass is 217 g/mol. The fourth-order valence-corrected chi connectivity index (χ4v) is 2.45. The third-order valence-corrected chi connectivity index (χ3v) is 3.42. The molecule has 3 nitrogen and oxygen atoms in total. The summed E-state index contributed by atoms with van der Waals surface area (Å²) >= 11 is 1.66. The van der Waals surface area contributed by atoms with Gasteiger partial charge in [0.1, 0.15) is 5.01 Å². The van der Waals surface area contributed by atoms with E-state index in [1.54, 1.807) is 11.3 Å². The van der Waals surface area contributed by atoms with E-state index in [4.69, 9.17) is 0 Å². The molecule has 0 bridgehead atoms. The molecule has 0 aromatic carbocycles. The number of hydrogen-bond acceptors (Lipinski definition) is 4. The van der Waals surface area contributed by atoms with E-state index in [9.17, 15) is 0 Å². The molecule has 3 heterocycles. The molecule has 1 N–H and O–H groups in total. The van der Waals surface area contributed by atoms with Gasteiger partial charge in [0, 0.05) is 48.5 Å². The number of hydrogen-bond donors (Lipinski definition) is 1. The zero-order valence-electron chi connectivity index (χ0n) is 8.23. The van der Waals surface area contributed by atoms with Crippen LogP contribution in [0.5, 0.6) is 0 Å². The summed E-state index contributed by atoms with van der Waals surface area (Å²) in [4.78, 5) is 8.80. The van der Waals surface area contributed by atoms with Crippen molar-refractivity contribution in [3.63, 3.8) is 0 Å². The lowest BCUT2D eigenvalue weighted by atomic mass is 10.1. The van der Waals surface area contributed by atoms with Gasteiger partial charge >= 0.3 is 0 Å². The Morgan fingerprint density at radius 1 is 1.33 bits per heavy atom. The quantitative estimate of drug-likeness (QED) is 0.792. The fraction of sp³-hybridized carbons (Fsp3) is 0.273. The lowest BCUT2D eigenvalue weighted by Crippen LogP contribution is -2.24. The van der Waals surface area contributed by atoms with Crippen LogP contribution in [0.4, 0.5) is 0 Å². The Hall–Kier alpha value is -1.26. The van der Waals surface area contributed by atoms with Crippen molar-refractivity contribution in [2.75, 3.05) is 6.54 Å². The minimum absolute atomic E-state index is 0.932. The van der Waals surface area contributed by atoms with Crippen molar-refractivity contribution in [2.24, 2.45) is 0 Å². The normalized spacial score (nSPS) is 14.9. The van der Waals surface area contributed by atoms with E-state index in [1.807, 2.05) is 17.8 Å². The first-order chi connectivity index (χ1) is 7.43. The van der Waals surface area contributed by atoms with Gasteiger partial charge in [0.25, 0.3) is 0 Å². The molecule has 0 saturated heterocycles. The van der Waals surface area contributed by atoms with Crippen molar-refractivity contribution in [3.05, 3.63) is 35.1 Å². The lowest BCUT2D eigenvalue weighted by Gasteiger charge is -2.16. The van der Waals surface area contributed by atoms with Gasteiger partial charge in [-0.2, -0.15) is 0 Å². The summed E-state index contributed by atoms with van der Waals surface area (Å²) in [5.41, 5.74) is 3.68. The molecule has 0 unspecified atom stereocenters. The predicted octanol–water partition coefficient (Wildman–Crippen LogP) is 1.85. The van der Waals surface area contributed by atoms with E-state index in [0.29, 0.717) is 0 Å². The summed E-state index contributed by atoms with van der Waals surface area (Å²) < 4.78 is 0. The van der Waals surface area contributed by atoms with E-state index >= 15 is 0 Å². The van der Waals surface area contributed by atoms with Gasteiger partial charge in [0.2, 0.25) is 0 Å². The maximum atomic E-state index is 4.50. The van der Waals surface area contributed by atoms with Gasteiger partial charge in [0.05, 0.1) is 0 Å². The number of fused-ring (bicyclic) bond motifs is 1. The second-order valence-corrected chi connectivity index (χ2v) is 4.49. The van der Waals surface area contributed by atoms with E-state index < -0.39 is 0 Å². The predicted molar refractivity (Wildman–Crippen MR) is 60.8 cm³/mol. The third-order valence-electron chi connectivity index (χ3n) is 2.59. The molecule has 0 atom stereocenters. The van der Waals surface area contributed by atoms with E-state index in [2.05, 4.69) is 21.4 Å². The first kappa shape index (κ1) is 9.00. The molecule has 15 heavy (non-hydrogen) atoms. The molecule has 0 radical (unpaired) electrons. The molecule has 1 aliphatic rings. The van der Waals surface area contributed by atoms with Crippen molar-refractivity contribution in [3.8, 4) is 10.6 Å². The van der Waals surface area contributed by atoms with Gasteiger partial charge in [0.15, 0.2) is 0 Å². The van der Waals surface area contributed by atoms with Gasteiger partial charge in [-0.25, -0.2) is 4.98 Å². The summed E-state index contributed by atoms with van der Waals surface area (Å²) in [6.07, 6.45) is 4.80. The van der Waals surface area contributed by atoms with Crippen LogP contribution in [0.1, 0.15) is 11.3 Å². The molecule has 3 rings (SSSR count). The molecule has 2 aromatic heterocycles. The molecular formula is C11H11N3S. The molecule has 2 aromatic rings. The number of aromatic nitrogens is 2. The molecule has 0 saturated carbocycles. The zero-order valence-corrected chi connectivity index (χ0v) is 9.05. The lowest BCUT2D eigenvalue weighted by molar-refractivity contribution is 0.630. The average Bonchev–Trinajstić information content (AvgIpc) is 2.82. The fourth-order valence-electron chi connectivity index (χ4n) is 1.83. The van der Waals surface area contributed by atoms with Gasteiger partial charge in [-0.1, -0.05) is 0 Å². The first-order valence-corrected chi connectivity index (χ1v) is 5.90. The largest absolute Gasteiger partial charge is 0.312 e. The highest BCUT2D eigenvalue weighted by Crippen LogP contribution is 2.23. The number of thiazole rings is 1. The van der Waals surface area contributed by atoms with Crippen LogP contribution in [0, 0.1) is 0 Å². The van der Waals surface area contributed by atoms with Crippen molar-refractivity contribution < 1.29 is 0 Å². The number of nitrogens with one attached hydrogen (secondary N) is 1. The summed E-state index contributed by atoms with van der Waals surface area (Å²) in [6, 6.07) is 2.20. The zero-order chi connectivity index (χ0) is 10.1. The maximum Gasteiger partial charge on any atom is 0.124 e. The van der Waals surface area contributed by atoms with E-state index in [-0.39, 0.29) is 0 Å². The number of rotatable bonds is 1. The molecule has 0 spiro atoms. The van der Waals surface area contributed by atoms with Crippen molar-refractivity contribution >= 4 is 11.3 Å². The standard InChI is InChI=1S/C11H11N3S/c1-2-12-6-8-5-9(7-14-10(1)8)11-13-3-4-15-11/h3-5,7,12H,1-2,6H2. The second-order valence-electron chi connectivity index (χ2n) is 3.59. The number of pyridine rings is 1. The van der Waals surface area contributed by atoms with E-state index in [1.165, 1.54) is 11.3 Å². The van der Waals surface area contributed by atoms with Gasteiger partial charge in [-0.3, -0.25) is 4.98 Å². The van der Waals surface area contributed by atoms with E-state index in [0.717, 1.165) is 30.1 Å². The Labute approximate surface area is 92.2 Å². The highest BCUT2D eigenvalue weighted by Gasteiger charge is 2.11. The molecule has 0 aliphatic carbocycles. The van der Waals surface area contributed by atoms with Gasteiger partial charge in [-0.05, 0) is 11.6 Å². The Kier molecular flexibility index (Phi) is 2.23. The minimum Gasteiger partial charge on any atom is -0.312 e. The highest BCUT2D eigenvalue weighted by atomic mass is 32.1. The van der Waals surface area contributed by atoms with Crippen LogP contribution in [-0.2, 0) is 13.0 Å². The van der Waals surface area contributed by atoms with Crippen LogP contribution < -0.4 is 5.32 Å². The smallest absolute Gasteiger partial charge is 0.124 e. The second kappa shape index (κ2) is 3.72. The SMILES string of the molecule is c1csc(-c2cnc3c(c2)CNCC3)n1. The summed E-state index contributed by atoms with van der Waals surface area (Å²) in [7, 11) is 0. The highest BCUT2D eigenvalue weighted by molar-refractivity contribution is 7.13. The van der Waals surface area contributed by atoms with Crippen molar-refractivity contribution in [2.45, 2.75) is 13.0 Å². The van der Waals surface area contributed by atoms with Crippen LogP contribution in [0.3, 0.4) is 0 Å². The summed E-state index contributed by atoms with van der Waals surface area (Å²) in [5.74, 6) is 0. The van der Waals surface area contributed by atoms with Gasteiger partial charge < -0.3 is 5.32 Å². The molecular weight excluding hydrogens is 206 g/mol. The van der Waals surface area contributed by atoms with Crippen LogP contribution in [-0.4, -0.2) is 16.5 Å². The summed E-state index contributed by atoms with van der Waals surface area (Å²) in [5, 5.41) is 6.40. The topological polar surface area (TPSA) is 37.8 Å². The van der Waals surface area contributed by atoms with Crippen LogP contribution in [0.25, 0.3) is 10.6 Å². The third kappa shape index (κ3) is 1.66. The van der Waals surface area contributed by atoms with Crippen LogP contribution in [0.2, 0.25) is 0 Å². The Morgan fingerprint density at radius 2 is 2.33 bits per heavy atom. The first-order valence-electron chi connectivity index (χ1n) is 5.02. The Bertz CT molecular complexity index is 465. The Morgan fingerprint density at radius 3 is 3.20 bits per heavy atom. The van der Waals surface area contributed by atoms with Crippen molar-refractivity contribution in [1.82, 2.24) is 15.3 Å². The van der Waals surface area contributed by atoms with Crippen molar-refractivity contribution in [1.29, 1.82) is 0 Å². The molecule has 4 heteroatoms. The van der Waals surface area contributed by atoms with Crippen LogP contribution in [0.15, 0.2) is 23.8 Å². The summed E-state index contributed by atoms with van der Waals surface area (Å²) in [6.45, 7) is 1.97. The average molecular weight is 217 g/mol. The van der Waals surface area contributed by atoms with Crippen LogP contribution >= 0.6 is 11.3 Å². The molecule has 76 valence electrons. The molecule has 1 aliphatic heterocycles. The molecule has 0 fully saturated rings. The maximum absolute atomic E-state index is 4.50. The Balaban J connectivity index is 2.04. The minimum atomic E-state index is 0.932. The number of nitrogens with zero attached hydrogens (tertiary/aromatic N) is 2. The van der Waals surface area contributed by atoms with Gasteiger partial charge in [-0.15, -0.1) is 11.3 Å². The molecule has 0 amide bonds.